The Hall–Kier alpha value is -0.770. The predicted octanol–water partition coefficient (Wildman–Crippen LogP) is 0.662. The van der Waals surface area contributed by atoms with Crippen molar-refractivity contribution >= 4 is 0 Å². The fraction of sp³-hybridized carbons (Fsp3) is 1.00. The van der Waals surface area contributed by atoms with Gasteiger partial charge in [-0.15, -0.1) is 0 Å². The number of hydrogen-bond acceptors (Lipinski definition) is 3. The number of nitrogens with zero attached hydrogens (tertiary/aromatic N) is 3. The molecule has 0 aliphatic carbocycles. The van der Waals surface area contributed by atoms with E-state index >= 15 is 0 Å². The van der Waals surface area contributed by atoms with Crippen LogP contribution in [0.3, 0.4) is 0 Å². The third-order valence-electron chi connectivity index (χ3n) is 0.872. The fourth-order valence-corrected chi connectivity index (χ4v) is 0.467. The molecule has 0 unspecified atom stereocenters. The minimum atomic E-state index is 0.501. The van der Waals surface area contributed by atoms with Gasteiger partial charge in [0.1, 0.15) is 0 Å². The lowest BCUT2D eigenvalue weighted by Crippen LogP contribution is -2.09. The summed E-state index contributed by atoms with van der Waals surface area (Å²) in [5, 5.41) is 3.34. The Labute approximate surface area is 59.8 Å². The SMILES string of the molecule is [N-]=[N+]=NCCCOCCN. The Balaban J connectivity index is 2.83. The third kappa shape index (κ3) is 7.23. The van der Waals surface area contributed by atoms with Crippen molar-refractivity contribution in [3.05, 3.63) is 10.4 Å². The molecule has 2 N–H and O–H groups in total. The second-order valence-corrected chi connectivity index (χ2v) is 1.71. The molecule has 0 radical (unpaired) electrons. The molecule has 5 nitrogen and oxygen atoms in total. The lowest BCUT2D eigenvalue weighted by Gasteiger charge is -1.97. The summed E-state index contributed by atoms with van der Waals surface area (Å²) in [6.45, 7) is 2.25. The van der Waals surface area contributed by atoms with Crippen LogP contribution in [-0.2, 0) is 4.74 Å². The summed E-state index contributed by atoms with van der Waals surface area (Å²) in [5.41, 5.74) is 13.0. The highest BCUT2D eigenvalue weighted by Crippen LogP contribution is 1.83. The van der Waals surface area contributed by atoms with Gasteiger partial charge < -0.3 is 10.5 Å². The lowest BCUT2D eigenvalue weighted by atomic mass is 10.5. The average Bonchev–Trinajstić information content (AvgIpc) is 1.97. The van der Waals surface area contributed by atoms with Gasteiger partial charge in [-0.1, -0.05) is 5.11 Å². The van der Waals surface area contributed by atoms with Crippen LogP contribution in [0.2, 0.25) is 0 Å². The summed E-state index contributed by atoms with van der Waals surface area (Å²) in [5.74, 6) is 0. The summed E-state index contributed by atoms with van der Waals surface area (Å²) in [7, 11) is 0. The zero-order valence-electron chi connectivity index (χ0n) is 5.86. The second kappa shape index (κ2) is 8.23. The molecule has 0 bridgehead atoms. The summed E-state index contributed by atoms with van der Waals surface area (Å²) in [4.78, 5) is 2.60. The maximum Gasteiger partial charge on any atom is 0.0588 e. The van der Waals surface area contributed by atoms with E-state index in [-0.39, 0.29) is 0 Å². The first-order valence-electron chi connectivity index (χ1n) is 3.20. The molecular formula is C5H12N4O. The van der Waals surface area contributed by atoms with E-state index in [9.17, 15) is 0 Å². The van der Waals surface area contributed by atoms with Gasteiger partial charge in [-0.25, -0.2) is 0 Å². The number of hydrogen-bond donors (Lipinski definition) is 1. The largest absolute Gasteiger partial charge is 0.380 e. The molecule has 0 aromatic rings. The predicted molar refractivity (Wildman–Crippen MR) is 38.5 cm³/mol. The topological polar surface area (TPSA) is 84.0 Å². The Morgan fingerprint density at radius 3 is 2.90 bits per heavy atom. The maximum absolute atomic E-state index is 7.87. The Morgan fingerprint density at radius 1 is 1.50 bits per heavy atom. The van der Waals surface area contributed by atoms with Crippen LogP contribution in [0.4, 0.5) is 0 Å². The van der Waals surface area contributed by atoms with Gasteiger partial charge in [0.2, 0.25) is 0 Å². The van der Waals surface area contributed by atoms with Gasteiger partial charge in [-0.3, -0.25) is 0 Å². The number of ether oxygens (including phenoxy) is 1. The first kappa shape index (κ1) is 9.23. The van der Waals surface area contributed by atoms with E-state index in [0.29, 0.717) is 26.3 Å². The minimum absolute atomic E-state index is 0.501. The molecule has 0 amide bonds. The molecule has 0 saturated heterocycles. The van der Waals surface area contributed by atoms with Crippen LogP contribution >= 0.6 is 0 Å². The Morgan fingerprint density at radius 2 is 2.30 bits per heavy atom. The molecule has 0 rings (SSSR count). The first-order valence-corrected chi connectivity index (χ1v) is 3.20. The second-order valence-electron chi connectivity index (χ2n) is 1.71. The van der Waals surface area contributed by atoms with E-state index in [4.69, 9.17) is 16.0 Å². The zero-order chi connectivity index (χ0) is 7.66. The molecule has 0 atom stereocenters. The molecule has 0 aromatic heterocycles. The van der Waals surface area contributed by atoms with Gasteiger partial charge in [0, 0.05) is 24.6 Å². The quantitative estimate of drug-likeness (QED) is 0.257. The standard InChI is InChI=1S/C5H12N4O/c6-2-5-10-4-1-3-8-9-7/h1-6H2. The van der Waals surface area contributed by atoms with Crippen LogP contribution in [0.15, 0.2) is 5.11 Å². The molecule has 0 fully saturated rings. The van der Waals surface area contributed by atoms with E-state index in [2.05, 4.69) is 10.0 Å². The van der Waals surface area contributed by atoms with Crippen molar-refractivity contribution in [2.75, 3.05) is 26.3 Å². The Kier molecular flexibility index (Phi) is 7.60. The zero-order valence-corrected chi connectivity index (χ0v) is 5.86. The van der Waals surface area contributed by atoms with Crippen molar-refractivity contribution in [3.8, 4) is 0 Å². The van der Waals surface area contributed by atoms with Crippen molar-refractivity contribution in [2.45, 2.75) is 6.42 Å². The fourth-order valence-electron chi connectivity index (χ4n) is 0.467. The third-order valence-corrected chi connectivity index (χ3v) is 0.872. The summed E-state index contributed by atoms with van der Waals surface area (Å²) in [6.07, 6.45) is 0.768. The molecule has 58 valence electrons. The van der Waals surface area contributed by atoms with Gasteiger partial charge in [0.25, 0.3) is 0 Å². The lowest BCUT2D eigenvalue weighted by molar-refractivity contribution is 0.140. The van der Waals surface area contributed by atoms with Crippen LogP contribution in [0.1, 0.15) is 6.42 Å². The van der Waals surface area contributed by atoms with Gasteiger partial charge in [0.15, 0.2) is 0 Å². The van der Waals surface area contributed by atoms with Gasteiger partial charge >= 0.3 is 0 Å². The van der Waals surface area contributed by atoms with Crippen LogP contribution < -0.4 is 5.73 Å². The van der Waals surface area contributed by atoms with Gasteiger partial charge in [0.05, 0.1) is 6.61 Å². The molecule has 5 heteroatoms. The highest BCUT2D eigenvalue weighted by molar-refractivity contribution is 4.45. The molecule has 0 spiro atoms. The first-order chi connectivity index (χ1) is 4.91. The van der Waals surface area contributed by atoms with Crippen LogP contribution in [-0.4, -0.2) is 26.3 Å². The smallest absolute Gasteiger partial charge is 0.0588 e. The van der Waals surface area contributed by atoms with E-state index < -0.39 is 0 Å². The Bertz CT molecular complexity index is 110. The maximum atomic E-state index is 7.87. The average molecular weight is 144 g/mol. The highest BCUT2D eigenvalue weighted by Gasteiger charge is 1.84. The van der Waals surface area contributed by atoms with Gasteiger partial charge in [-0.05, 0) is 12.0 Å². The summed E-state index contributed by atoms with van der Waals surface area (Å²) in [6, 6.07) is 0. The minimum Gasteiger partial charge on any atom is -0.380 e. The molecule has 0 aliphatic rings. The number of azide groups is 1. The number of nitrogens with two attached hydrogens (primary N) is 1. The van der Waals surface area contributed by atoms with Crippen molar-refractivity contribution in [2.24, 2.45) is 10.8 Å². The molecule has 0 heterocycles. The van der Waals surface area contributed by atoms with E-state index in [1.54, 1.807) is 0 Å². The van der Waals surface area contributed by atoms with Crippen molar-refractivity contribution in [3.63, 3.8) is 0 Å². The van der Waals surface area contributed by atoms with E-state index in [1.165, 1.54) is 0 Å². The molecular weight excluding hydrogens is 132 g/mol. The highest BCUT2D eigenvalue weighted by atomic mass is 16.5. The van der Waals surface area contributed by atoms with Crippen LogP contribution in [0.25, 0.3) is 10.4 Å². The number of rotatable bonds is 6. The van der Waals surface area contributed by atoms with Crippen LogP contribution in [0, 0.1) is 0 Å². The van der Waals surface area contributed by atoms with Crippen molar-refractivity contribution in [1.29, 1.82) is 0 Å². The van der Waals surface area contributed by atoms with Crippen molar-refractivity contribution in [1.82, 2.24) is 0 Å². The normalized spacial score (nSPS) is 8.90. The van der Waals surface area contributed by atoms with Crippen LogP contribution in [0.5, 0.6) is 0 Å². The van der Waals surface area contributed by atoms with Crippen molar-refractivity contribution < 1.29 is 4.74 Å². The monoisotopic (exact) mass is 144 g/mol. The summed E-state index contributed by atoms with van der Waals surface area (Å²) < 4.78 is 5.02. The molecule has 10 heavy (non-hydrogen) atoms. The molecule has 0 aliphatic heterocycles. The van der Waals surface area contributed by atoms with E-state index in [1.807, 2.05) is 0 Å². The summed E-state index contributed by atoms with van der Waals surface area (Å²) >= 11 is 0. The molecule has 0 aromatic carbocycles. The van der Waals surface area contributed by atoms with Gasteiger partial charge in [-0.2, -0.15) is 0 Å². The van der Waals surface area contributed by atoms with E-state index in [0.717, 1.165) is 6.42 Å². The molecule has 0 saturated carbocycles.